The van der Waals surface area contributed by atoms with Gasteiger partial charge in [-0.1, -0.05) is 0 Å². The summed E-state index contributed by atoms with van der Waals surface area (Å²) in [6.07, 6.45) is 4.93. The first-order valence-corrected chi connectivity index (χ1v) is 5.84. The highest BCUT2D eigenvalue weighted by molar-refractivity contribution is 5.93. The Morgan fingerprint density at radius 1 is 1.00 bits per heavy atom. The molecule has 1 aromatic carbocycles. The van der Waals surface area contributed by atoms with E-state index >= 15 is 0 Å². The van der Waals surface area contributed by atoms with Crippen molar-refractivity contribution in [3.63, 3.8) is 0 Å². The molecule has 2 aromatic heterocycles. The van der Waals surface area contributed by atoms with Crippen molar-refractivity contribution in [3.8, 4) is 11.6 Å². The zero-order valence-electron chi connectivity index (χ0n) is 10.4. The van der Waals surface area contributed by atoms with Crippen molar-refractivity contribution in [1.29, 1.82) is 0 Å². The van der Waals surface area contributed by atoms with Gasteiger partial charge in [-0.15, -0.1) is 0 Å². The first kappa shape index (κ1) is 11.4. The topological polar surface area (TPSA) is 73.9 Å². The van der Waals surface area contributed by atoms with E-state index in [0.717, 1.165) is 16.6 Å². The highest BCUT2D eigenvalue weighted by Gasteiger charge is 2.09. The molecule has 0 aliphatic rings. The summed E-state index contributed by atoms with van der Waals surface area (Å²) in [6, 6.07) is 7.35. The van der Waals surface area contributed by atoms with Crippen LogP contribution in [-0.2, 0) is 0 Å². The Morgan fingerprint density at radius 3 is 2.68 bits per heavy atom. The molecule has 0 aliphatic carbocycles. The van der Waals surface area contributed by atoms with Gasteiger partial charge in [0, 0.05) is 24.0 Å². The van der Waals surface area contributed by atoms with E-state index in [4.69, 9.17) is 10.5 Å². The van der Waals surface area contributed by atoms with E-state index < -0.39 is 0 Å². The molecule has 19 heavy (non-hydrogen) atoms. The molecule has 0 saturated heterocycles. The number of fused-ring (bicyclic) bond motifs is 1. The quantitative estimate of drug-likeness (QED) is 0.710. The summed E-state index contributed by atoms with van der Waals surface area (Å²) in [7, 11) is 0. The molecule has 0 amide bonds. The molecular weight excluding hydrogens is 240 g/mol. The second kappa shape index (κ2) is 4.53. The lowest BCUT2D eigenvalue weighted by Crippen LogP contribution is -1.96. The molecule has 3 rings (SSSR count). The van der Waals surface area contributed by atoms with E-state index in [9.17, 15) is 0 Å². The van der Waals surface area contributed by atoms with Crippen LogP contribution in [0.3, 0.4) is 0 Å². The molecule has 94 valence electrons. The maximum Gasteiger partial charge on any atom is 0.240 e. The summed E-state index contributed by atoms with van der Waals surface area (Å²) in [5, 5.41) is 0.854. The number of hydrogen-bond acceptors (Lipinski definition) is 5. The number of aromatic nitrogens is 3. The number of pyridine rings is 1. The number of anilines is 1. The Hall–Kier alpha value is -2.69. The molecule has 0 atom stereocenters. The molecule has 0 unspecified atom stereocenters. The lowest BCUT2D eigenvalue weighted by atomic mass is 10.2. The van der Waals surface area contributed by atoms with Crippen LogP contribution in [0, 0.1) is 6.92 Å². The van der Waals surface area contributed by atoms with E-state index in [-0.39, 0.29) is 0 Å². The number of hydrogen-bond donors (Lipinski definition) is 1. The largest absolute Gasteiger partial charge is 0.437 e. The summed E-state index contributed by atoms with van der Waals surface area (Å²) >= 11 is 0. The summed E-state index contributed by atoms with van der Waals surface area (Å²) in [5.41, 5.74) is 7.98. The fourth-order valence-corrected chi connectivity index (χ4v) is 1.86. The molecule has 0 saturated carbocycles. The summed E-state index contributed by atoms with van der Waals surface area (Å²) in [5.74, 6) is 1.15. The number of aryl methyl sites for hydroxylation is 1. The maximum atomic E-state index is 5.90. The number of nitrogens with zero attached hydrogens (tertiary/aromatic N) is 3. The Morgan fingerprint density at radius 2 is 1.84 bits per heavy atom. The van der Waals surface area contributed by atoms with Gasteiger partial charge in [-0.05, 0) is 31.2 Å². The fourth-order valence-electron chi connectivity index (χ4n) is 1.86. The molecule has 0 bridgehead atoms. The van der Waals surface area contributed by atoms with Gasteiger partial charge >= 0.3 is 0 Å². The van der Waals surface area contributed by atoms with E-state index in [1.807, 2.05) is 25.1 Å². The van der Waals surface area contributed by atoms with Crippen LogP contribution in [0.25, 0.3) is 10.9 Å². The zero-order chi connectivity index (χ0) is 13.2. The van der Waals surface area contributed by atoms with Crippen molar-refractivity contribution in [3.05, 3.63) is 48.5 Å². The third-order valence-electron chi connectivity index (χ3n) is 2.80. The number of nitrogen functional groups attached to an aromatic ring is 1. The van der Waals surface area contributed by atoms with Crippen molar-refractivity contribution in [2.75, 3.05) is 5.73 Å². The van der Waals surface area contributed by atoms with Gasteiger partial charge in [-0.3, -0.25) is 9.97 Å². The molecular formula is C14H12N4O. The zero-order valence-corrected chi connectivity index (χ0v) is 10.4. The predicted molar refractivity (Wildman–Crippen MR) is 73.0 cm³/mol. The Balaban J connectivity index is 2.12. The monoisotopic (exact) mass is 252 g/mol. The van der Waals surface area contributed by atoms with Gasteiger partial charge in [0.25, 0.3) is 0 Å². The van der Waals surface area contributed by atoms with Crippen LogP contribution in [0.15, 0.2) is 42.9 Å². The third kappa shape index (κ3) is 2.06. The first-order valence-electron chi connectivity index (χ1n) is 5.84. The number of nitrogens with two attached hydrogens (primary N) is 1. The van der Waals surface area contributed by atoms with Gasteiger partial charge in [0.1, 0.15) is 5.75 Å². The van der Waals surface area contributed by atoms with Crippen LogP contribution in [0.1, 0.15) is 5.69 Å². The highest BCUT2D eigenvalue weighted by atomic mass is 16.5. The Kier molecular flexibility index (Phi) is 2.72. The summed E-state index contributed by atoms with van der Waals surface area (Å²) in [4.78, 5) is 12.6. The second-order valence-electron chi connectivity index (χ2n) is 4.10. The highest BCUT2D eigenvalue weighted by Crippen LogP contribution is 2.31. The van der Waals surface area contributed by atoms with Gasteiger partial charge < -0.3 is 10.5 Å². The number of benzene rings is 1. The second-order valence-corrected chi connectivity index (χ2v) is 4.10. The van der Waals surface area contributed by atoms with E-state index in [2.05, 4.69) is 15.0 Å². The Labute approximate surface area is 110 Å². The molecule has 0 spiro atoms. The predicted octanol–water partition coefficient (Wildman–Crippen LogP) is 2.71. The van der Waals surface area contributed by atoms with Crippen molar-refractivity contribution in [2.24, 2.45) is 0 Å². The van der Waals surface area contributed by atoms with Gasteiger partial charge in [0.05, 0.1) is 16.9 Å². The molecule has 0 aliphatic heterocycles. The molecule has 2 heterocycles. The van der Waals surface area contributed by atoms with E-state index in [1.54, 1.807) is 24.7 Å². The summed E-state index contributed by atoms with van der Waals surface area (Å²) < 4.78 is 5.81. The van der Waals surface area contributed by atoms with Crippen molar-refractivity contribution in [1.82, 2.24) is 15.0 Å². The van der Waals surface area contributed by atoms with Crippen molar-refractivity contribution < 1.29 is 4.74 Å². The van der Waals surface area contributed by atoms with E-state index in [1.165, 1.54) is 0 Å². The molecule has 5 heteroatoms. The minimum Gasteiger partial charge on any atom is -0.437 e. The van der Waals surface area contributed by atoms with Crippen LogP contribution in [-0.4, -0.2) is 15.0 Å². The number of rotatable bonds is 2. The molecule has 0 fully saturated rings. The minimum atomic E-state index is 0.484. The molecule has 2 N–H and O–H groups in total. The van der Waals surface area contributed by atoms with Crippen molar-refractivity contribution in [2.45, 2.75) is 6.92 Å². The molecule has 5 nitrogen and oxygen atoms in total. The van der Waals surface area contributed by atoms with Crippen LogP contribution in [0.2, 0.25) is 0 Å². The number of ether oxygens (including phenoxy) is 1. The lowest BCUT2D eigenvalue weighted by Gasteiger charge is -2.10. The van der Waals surface area contributed by atoms with Crippen molar-refractivity contribution >= 4 is 16.6 Å². The fraction of sp³-hybridized carbons (Fsp3) is 0.0714. The standard InChI is InChI=1S/C14H12N4O/c1-9-14(18-8-7-16-9)19-12-5-4-11(15)13-10(12)3-2-6-17-13/h2-8H,15H2,1H3. The molecule has 0 radical (unpaired) electrons. The van der Waals surface area contributed by atoms with E-state index in [0.29, 0.717) is 17.3 Å². The average Bonchev–Trinajstić information content (AvgIpc) is 2.44. The van der Waals surface area contributed by atoms with Gasteiger partial charge in [-0.2, -0.15) is 0 Å². The van der Waals surface area contributed by atoms with Crippen LogP contribution < -0.4 is 10.5 Å². The third-order valence-corrected chi connectivity index (χ3v) is 2.80. The summed E-state index contributed by atoms with van der Waals surface area (Å²) in [6.45, 7) is 1.85. The van der Waals surface area contributed by atoms with Gasteiger partial charge in [-0.25, -0.2) is 4.98 Å². The Bertz CT molecular complexity index is 742. The lowest BCUT2D eigenvalue weighted by molar-refractivity contribution is 0.460. The maximum absolute atomic E-state index is 5.90. The average molecular weight is 252 g/mol. The van der Waals surface area contributed by atoms with Crippen LogP contribution in [0.5, 0.6) is 11.6 Å². The first-order chi connectivity index (χ1) is 9.25. The SMILES string of the molecule is Cc1nccnc1Oc1ccc(N)c2ncccc12. The molecule has 3 aromatic rings. The van der Waals surface area contributed by atoms with Crippen LogP contribution in [0.4, 0.5) is 5.69 Å². The smallest absolute Gasteiger partial charge is 0.240 e. The van der Waals surface area contributed by atoms with Crippen LogP contribution >= 0.6 is 0 Å². The van der Waals surface area contributed by atoms with Gasteiger partial charge in [0.15, 0.2) is 0 Å². The van der Waals surface area contributed by atoms with Gasteiger partial charge in [0.2, 0.25) is 5.88 Å². The normalized spacial score (nSPS) is 10.6. The minimum absolute atomic E-state index is 0.484.